The monoisotopic (exact) mass is 497 g/mol. The number of hydrogen-bond donors (Lipinski definition) is 1. The first kappa shape index (κ1) is 21.8. The van der Waals surface area contributed by atoms with Gasteiger partial charge >= 0.3 is 0 Å². The van der Waals surface area contributed by atoms with E-state index in [9.17, 15) is 4.39 Å². The molecule has 3 nitrogen and oxygen atoms in total. The van der Waals surface area contributed by atoms with Crippen LogP contribution in [0, 0.1) is 5.82 Å². The third-order valence-corrected chi connectivity index (χ3v) is 5.26. The molecule has 7 heteroatoms. The predicted molar refractivity (Wildman–Crippen MR) is 120 cm³/mol. The molecular formula is C22H19BrCl2FNO2. The molecule has 29 heavy (non-hydrogen) atoms. The number of rotatable bonds is 8. The molecule has 0 heterocycles. The highest BCUT2D eigenvalue weighted by Gasteiger charge is 2.14. The molecule has 0 aliphatic heterocycles. The topological polar surface area (TPSA) is 30.5 Å². The fourth-order valence-corrected chi connectivity index (χ4v) is 3.68. The van der Waals surface area contributed by atoms with Crippen LogP contribution < -0.4 is 14.8 Å². The Kier molecular flexibility index (Phi) is 7.64. The van der Waals surface area contributed by atoms with Gasteiger partial charge in [0.1, 0.15) is 12.4 Å². The van der Waals surface area contributed by atoms with Crippen molar-refractivity contribution in [2.45, 2.75) is 20.1 Å². The maximum atomic E-state index is 13.9. The van der Waals surface area contributed by atoms with E-state index in [1.54, 1.807) is 36.4 Å². The van der Waals surface area contributed by atoms with Crippen molar-refractivity contribution in [3.8, 4) is 11.5 Å². The fraction of sp³-hybridized carbons (Fsp3) is 0.182. The van der Waals surface area contributed by atoms with Crippen LogP contribution in [0.5, 0.6) is 11.5 Å². The van der Waals surface area contributed by atoms with Crippen LogP contribution >= 0.6 is 39.1 Å². The van der Waals surface area contributed by atoms with Gasteiger partial charge in [-0.2, -0.15) is 0 Å². The highest BCUT2D eigenvalue weighted by molar-refractivity contribution is 9.10. The van der Waals surface area contributed by atoms with Gasteiger partial charge in [-0.05, 0) is 64.8 Å². The molecule has 0 saturated carbocycles. The van der Waals surface area contributed by atoms with Crippen LogP contribution in [0.3, 0.4) is 0 Å². The van der Waals surface area contributed by atoms with E-state index in [4.69, 9.17) is 32.7 Å². The maximum Gasteiger partial charge on any atom is 0.175 e. The fourth-order valence-electron chi connectivity index (χ4n) is 2.72. The minimum absolute atomic E-state index is 0.0983. The lowest BCUT2D eigenvalue weighted by Crippen LogP contribution is -2.05. The molecule has 0 atom stereocenters. The van der Waals surface area contributed by atoms with Crippen LogP contribution in [0.15, 0.2) is 59.1 Å². The molecule has 0 fully saturated rings. The van der Waals surface area contributed by atoms with Gasteiger partial charge in [0.2, 0.25) is 0 Å². The summed E-state index contributed by atoms with van der Waals surface area (Å²) in [6, 6.07) is 15.6. The lowest BCUT2D eigenvalue weighted by molar-refractivity contribution is 0.264. The van der Waals surface area contributed by atoms with E-state index >= 15 is 0 Å². The summed E-state index contributed by atoms with van der Waals surface area (Å²) < 4.78 is 26.2. The molecule has 0 spiro atoms. The Balaban J connectivity index is 1.78. The van der Waals surface area contributed by atoms with Gasteiger partial charge in [0.05, 0.1) is 21.8 Å². The van der Waals surface area contributed by atoms with Gasteiger partial charge in [0.15, 0.2) is 11.5 Å². The van der Waals surface area contributed by atoms with E-state index in [-0.39, 0.29) is 12.4 Å². The Morgan fingerprint density at radius 3 is 2.59 bits per heavy atom. The standard InChI is InChI=1S/C22H19BrCl2FNO2/c1-2-28-21-10-14(12-27-20-11-16(24)7-8-18(20)25)9-17(23)22(21)29-13-15-5-3-4-6-19(15)26/h3-11,27H,2,12-13H2,1H3. The third kappa shape index (κ3) is 5.78. The summed E-state index contributed by atoms with van der Waals surface area (Å²) in [5.41, 5.74) is 2.17. The van der Waals surface area contributed by atoms with Gasteiger partial charge in [-0.1, -0.05) is 41.4 Å². The zero-order valence-electron chi connectivity index (χ0n) is 15.6. The molecule has 0 aliphatic carbocycles. The van der Waals surface area contributed by atoms with Crippen molar-refractivity contribution >= 4 is 44.8 Å². The van der Waals surface area contributed by atoms with Crippen molar-refractivity contribution in [3.05, 3.63) is 86.1 Å². The van der Waals surface area contributed by atoms with Gasteiger partial charge in [0.25, 0.3) is 0 Å². The third-order valence-electron chi connectivity index (χ3n) is 4.11. The number of ether oxygens (including phenoxy) is 2. The van der Waals surface area contributed by atoms with E-state index in [0.29, 0.717) is 44.7 Å². The number of hydrogen-bond acceptors (Lipinski definition) is 3. The van der Waals surface area contributed by atoms with E-state index in [0.717, 1.165) is 11.3 Å². The van der Waals surface area contributed by atoms with Gasteiger partial charge < -0.3 is 14.8 Å². The molecule has 3 aromatic carbocycles. The Hall–Kier alpha value is -1.95. The average molecular weight is 499 g/mol. The Bertz CT molecular complexity index is 1000. The summed E-state index contributed by atoms with van der Waals surface area (Å²) in [6.45, 7) is 2.97. The van der Waals surface area contributed by atoms with E-state index in [1.165, 1.54) is 6.07 Å². The first-order chi connectivity index (χ1) is 14.0. The summed E-state index contributed by atoms with van der Waals surface area (Å²) in [7, 11) is 0. The minimum Gasteiger partial charge on any atom is -0.490 e. The summed E-state index contributed by atoms with van der Waals surface area (Å²) in [4.78, 5) is 0. The van der Waals surface area contributed by atoms with E-state index in [2.05, 4.69) is 21.2 Å². The smallest absolute Gasteiger partial charge is 0.175 e. The number of halogens is 4. The molecule has 0 unspecified atom stereocenters. The first-order valence-corrected chi connectivity index (χ1v) is 10.5. The van der Waals surface area contributed by atoms with Crippen molar-refractivity contribution in [2.24, 2.45) is 0 Å². The van der Waals surface area contributed by atoms with Gasteiger partial charge in [-0.15, -0.1) is 0 Å². The number of anilines is 1. The summed E-state index contributed by atoms with van der Waals surface area (Å²) in [6.07, 6.45) is 0. The lowest BCUT2D eigenvalue weighted by Gasteiger charge is -2.16. The maximum absolute atomic E-state index is 13.9. The first-order valence-electron chi connectivity index (χ1n) is 8.98. The highest BCUT2D eigenvalue weighted by Crippen LogP contribution is 2.38. The van der Waals surface area contributed by atoms with Crippen molar-refractivity contribution in [1.82, 2.24) is 0 Å². The van der Waals surface area contributed by atoms with Gasteiger partial charge in [-0.25, -0.2) is 4.39 Å². The summed E-state index contributed by atoms with van der Waals surface area (Å²) >= 11 is 15.8. The quantitative estimate of drug-likeness (QED) is 0.349. The minimum atomic E-state index is -0.305. The van der Waals surface area contributed by atoms with E-state index in [1.807, 2.05) is 19.1 Å². The molecule has 0 amide bonds. The predicted octanol–water partition coefficient (Wildman–Crippen LogP) is 7.48. The van der Waals surface area contributed by atoms with Gasteiger partial charge in [-0.3, -0.25) is 0 Å². The molecule has 3 rings (SSSR count). The van der Waals surface area contributed by atoms with Gasteiger partial charge in [0, 0.05) is 17.1 Å². The Labute approximate surface area is 187 Å². The van der Waals surface area contributed by atoms with Crippen LogP contribution in [0.1, 0.15) is 18.1 Å². The largest absolute Gasteiger partial charge is 0.490 e. The average Bonchev–Trinajstić information content (AvgIpc) is 2.69. The van der Waals surface area contributed by atoms with Crippen LogP contribution in [0.4, 0.5) is 10.1 Å². The van der Waals surface area contributed by atoms with E-state index < -0.39 is 0 Å². The second kappa shape index (κ2) is 10.2. The molecule has 3 aromatic rings. The van der Waals surface area contributed by atoms with Crippen LogP contribution in [-0.4, -0.2) is 6.61 Å². The molecule has 0 aliphatic rings. The second-order valence-electron chi connectivity index (χ2n) is 6.20. The zero-order chi connectivity index (χ0) is 20.8. The van der Waals surface area contributed by atoms with Crippen molar-refractivity contribution in [3.63, 3.8) is 0 Å². The molecule has 152 valence electrons. The van der Waals surface area contributed by atoms with Crippen molar-refractivity contribution in [1.29, 1.82) is 0 Å². The molecular weight excluding hydrogens is 480 g/mol. The Morgan fingerprint density at radius 2 is 1.83 bits per heavy atom. The molecule has 0 saturated heterocycles. The normalized spacial score (nSPS) is 10.7. The van der Waals surface area contributed by atoms with Crippen LogP contribution in [-0.2, 0) is 13.2 Å². The number of benzene rings is 3. The van der Waals surface area contributed by atoms with Crippen molar-refractivity contribution < 1.29 is 13.9 Å². The van der Waals surface area contributed by atoms with Crippen LogP contribution in [0.2, 0.25) is 10.0 Å². The summed E-state index contributed by atoms with van der Waals surface area (Å²) in [5.74, 6) is 0.799. The lowest BCUT2D eigenvalue weighted by atomic mass is 10.2. The SMILES string of the molecule is CCOc1cc(CNc2cc(Cl)ccc2Cl)cc(Br)c1OCc1ccccc1F. The van der Waals surface area contributed by atoms with Crippen LogP contribution in [0.25, 0.3) is 0 Å². The van der Waals surface area contributed by atoms with Crippen molar-refractivity contribution in [2.75, 3.05) is 11.9 Å². The molecule has 0 aromatic heterocycles. The second-order valence-corrected chi connectivity index (χ2v) is 7.89. The molecule has 0 bridgehead atoms. The highest BCUT2D eigenvalue weighted by atomic mass is 79.9. The molecule has 1 N–H and O–H groups in total. The summed E-state index contributed by atoms with van der Waals surface area (Å²) in [5, 5.41) is 4.46. The zero-order valence-corrected chi connectivity index (χ0v) is 18.7. The molecule has 0 radical (unpaired) electrons. The number of nitrogens with one attached hydrogen (secondary N) is 1. The Morgan fingerprint density at radius 1 is 1.03 bits per heavy atom.